The van der Waals surface area contributed by atoms with Gasteiger partial charge in [0.25, 0.3) is 0 Å². The number of Topliss-reactive ketones (excluding diaryl/α,β-unsaturated/α-hetero) is 1. The molecule has 0 aliphatic heterocycles. The highest BCUT2D eigenvalue weighted by Crippen LogP contribution is 2.74. The van der Waals surface area contributed by atoms with Crippen LogP contribution in [0.15, 0.2) is 6.07 Å². The Balaban J connectivity index is 1.65. The van der Waals surface area contributed by atoms with Crippen LogP contribution in [0.5, 0.6) is 11.5 Å². The van der Waals surface area contributed by atoms with E-state index in [0.717, 1.165) is 37.7 Å². The number of ether oxygens (including phenoxy) is 1. The number of aliphatic hydroxyl groups is 2. The van der Waals surface area contributed by atoms with Crippen LogP contribution in [0.3, 0.4) is 0 Å². The zero-order chi connectivity index (χ0) is 25.0. The number of carbonyl (C=O) groups is 1. The van der Waals surface area contributed by atoms with Gasteiger partial charge in [0.2, 0.25) is 0 Å². The Labute approximate surface area is 203 Å². The van der Waals surface area contributed by atoms with Crippen LogP contribution < -0.4 is 4.74 Å². The number of aromatic hydroxyl groups is 1. The summed E-state index contributed by atoms with van der Waals surface area (Å²) in [4.78, 5) is 12.8. The van der Waals surface area contributed by atoms with Gasteiger partial charge >= 0.3 is 0 Å². The predicted molar refractivity (Wildman–Crippen MR) is 131 cm³/mol. The molecule has 4 aliphatic carbocycles. The number of phenolic OH excluding ortho intramolecular Hbond substituents is 1. The van der Waals surface area contributed by atoms with Crippen LogP contribution in [-0.4, -0.2) is 40.4 Å². The van der Waals surface area contributed by atoms with Crippen molar-refractivity contribution in [1.82, 2.24) is 0 Å². The summed E-state index contributed by atoms with van der Waals surface area (Å²) >= 11 is 0. The largest absolute Gasteiger partial charge is 0.504 e. The molecule has 5 heteroatoms. The molecule has 3 fully saturated rings. The topological polar surface area (TPSA) is 87.0 Å². The van der Waals surface area contributed by atoms with Gasteiger partial charge in [0.15, 0.2) is 17.3 Å². The van der Waals surface area contributed by atoms with Crippen molar-refractivity contribution in [3.8, 4) is 11.5 Å². The standard InChI is InChI=1S/C29H42O5/c1-15-12-21-27(4,25(33)23(15)32)14-22(31)29(6)20-9-8-17-16(2)24(34-7)19(30)13-18(17)26(20,3)10-11-28(21,29)5/h13,15,20-22,25,30-31,33H,8-12,14H2,1-7H3/t15-,20+,21-,22+,25-,26+,27-,28+,29+/m1/s1. The van der Waals surface area contributed by atoms with Gasteiger partial charge < -0.3 is 20.1 Å². The first kappa shape index (κ1) is 24.1. The fourth-order valence-corrected chi connectivity index (χ4v) is 9.72. The Morgan fingerprint density at radius 1 is 1.09 bits per heavy atom. The number of ketones is 1. The maximum absolute atomic E-state index is 12.8. The van der Waals surface area contributed by atoms with Crippen LogP contribution in [0.25, 0.3) is 0 Å². The number of benzene rings is 1. The van der Waals surface area contributed by atoms with Crippen molar-refractivity contribution < 1.29 is 24.9 Å². The summed E-state index contributed by atoms with van der Waals surface area (Å²) in [7, 11) is 1.61. The molecule has 188 valence electrons. The highest BCUT2D eigenvalue weighted by Gasteiger charge is 2.72. The Kier molecular flexibility index (Phi) is 5.12. The molecule has 4 aliphatic rings. The molecule has 0 saturated heterocycles. The Bertz CT molecular complexity index is 1050. The predicted octanol–water partition coefficient (Wildman–Crippen LogP) is 4.69. The molecular formula is C29H42O5. The van der Waals surface area contributed by atoms with Crippen LogP contribution in [0.1, 0.15) is 83.4 Å². The van der Waals surface area contributed by atoms with Gasteiger partial charge in [-0.15, -0.1) is 0 Å². The first-order valence-electron chi connectivity index (χ1n) is 13.1. The van der Waals surface area contributed by atoms with Gasteiger partial charge in [-0.3, -0.25) is 4.79 Å². The van der Waals surface area contributed by atoms with Gasteiger partial charge in [-0.2, -0.15) is 0 Å². The van der Waals surface area contributed by atoms with Crippen molar-refractivity contribution in [3.63, 3.8) is 0 Å². The van der Waals surface area contributed by atoms with E-state index < -0.39 is 17.6 Å². The smallest absolute Gasteiger partial charge is 0.164 e. The molecule has 0 heterocycles. The fourth-order valence-electron chi connectivity index (χ4n) is 9.72. The fraction of sp³-hybridized carbons (Fsp3) is 0.759. The van der Waals surface area contributed by atoms with Crippen LogP contribution in [-0.2, 0) is 16.6 Å². The van der Waals surface area contributed by atoms with Crippen LogP contribution in [0.2, 0.25) is 0 Å². The lowest BCUT2D eigenvalue weighted by molar-refractivity contribution is -0.265. The average molecular weight is 471 g/mol. The second-order valence-electron chi connectivity index (χ2n) is 13.0. The molecule has 9 atom stereocenters. The lowest BCUT2D eigenvalue weighted by Crippen LogP contribution is -2.72. The van der Waals surface area contributed by atoms with E-state index in [9.17, 15) is 20.1 Å². The van der Waals surface area contributed by atoms with E-state index >= 15 is 0 Å². The lowest BCUT2D eigenvalue weighted by atomic mass is 9.32. The maximum atomic E-state index is 12.8. The monoisotopic (exact) mass is 470 g/mol. The highest BCUT2D eigenvalue weighted by atomic mass is 16.5. The van der Waals surface area contributed by atoms with Crippen molar-refractivity contribution in [2.75, 3.05) is 7.11 Å². The highest BCUT2D eigenvalue weighted by molar-refractivity contribution is 5.86. The van der Waals surface area contributed by atoms with E-state index in [1.54, 1.807) is 7.11 Å². The van der Waals surface area contributed by atoms with E-state index in [0.29, 0.717) is 12.2 Å². The van der Waals surface area contributed by atoms with Crippen LogP contribution in [0, 0.1) is 40.9 Å². The zero-order valence-electron chi connectivity index (χ0n) is 21.9. The number of hydrogen-bond donors (Lipinski definition) is 3. The number of fused-ring (bicyclic) bond motifs is 7. The summed E-state index contributed by atoms with van der Waals surface area (Å²) in [5.41, 5.74) is 2.19. The van der Waals surface area contributed by atoms with Crippen molar-refractivity contribution in [3.05, 3.63) is 22.8 Å². The molecular weight excluding hydrogens is 428 g/mol. The summed E-state index contributed by atoms with van der Waals surface area (Å²) in [6, 6.07) is 1.92. The molecule has 3 saturated carbocycles. The first-order chi connectivity index (χ1) is 15.8. The minimum absolute atomic E-state index is 0.0645. The molecule has 0 unspecified atom stereocenters. The summed E-state index contributed by atoms with van der Waals surface area (Å²) < 4.78 is 5.51. The van der Waals surface area contributed by atoms with Crippen molar-refractivity contribution in [1.29, 1.82) is 0 Å². The van der Waals surface area contributed by atoms with Crippen molar-refractivity contribution in [2.45, 2.75) is 97.7 Å². The summed E-state index contributed by atoms with van der Waals surface area (Å²) in [5, 5.41) is 33.8. The molecule has 34 heavy (non-hydrogen) atoms. The third-order valence-corrected chi connectivity index (χ3v) is 11.9. The molecule has 0 bridgehead atoms. The number of rotatable bonds is 1. The minimum atomic E-state index is -1.01. The molecule has 1 aromatic rings. The van der Waals surface area contributed by atoms with Gasteiger partial charge in [-0.1, -0.05) is 34.6 Å². The Hall–Kier alpha value is -1.59. The number of hydrogen-bond acceptors (Lipinski definition) is 5. The third kappa shape index (κ3) is 2.61. The van der Waals surface area contributed by atoms with Gasteiger partial charge in [-0.05, 0) is 90.9 Å². The Morgan fingerprint density at radius 2 is 1.76 bits per heavy atom. The number of methoxy groups -OCH3 is 1. The third-order valence-electron chi connectivity index (χ3n) is 11.9. The second-order valence-corrected chi connectivity index (χ2v) is 13.0. The van der Waals surface area contributed by atoms with E-state index in [4.69, 9.17) is 4.74 Å². The molecule has 3 N–H and O–H groups in total. The van der Waals surface area contributed by atoms with Gasteiger partial charge in [0.1, 0.15) is 6.10 Å². The number of aliphatic hydroxyl groups excluding tert-OH is 2. The molecule has 0 aromatic heterocycles. The van der Waals surface area contributed by atoms with Crippen LogP contribution in [0.4, 0.5) is 0 Å². The van der Waals surface area contributed by atoms with Crippen molar-refractivity contribution >= 4 is 5.78 Å². The Morgan fingerprint density at radius 3 is 2.41 bits per heavy atom. The first-order valence-corrected chi connectivity index (χ1v) is 13.1. The molecule has 0 radical (unpaired) electrons. The van der Waals surface area contributed by atoms with E-state index in [2.05, 4.69) is 20.8 Å². The van der Waals surface area contributed by atoms with E-state index in [1.165, 1.54) is 11.1 Å². The maximum Gasteiger partial charge on any atom is 0.164 e. The van der Waals surface area contributed by atoms with Gasteiger partial charge in [0.05, 0.1) is 13.2 Å². The average Bonchev–Trinajstić information content (AvgIpc) is 2.78. The zero-order valence-corrected chi connectivity index (χ0v) is 21.9. The normalized spacial score (nSPS) is 47.8. The molecule has 0 amide bonds. The molecule has 1 aromatic carbocycles. The molecule has 5 rings (SSSR count). The SMILES string of the molecule is COc1c(O)cc2c(c1C)CC[C@@H]1[C@@]3(C)[C@@H](O)C[C@@]4(C)[C@H](O)C(=O)[C@H](C)C[C@H]4[C@]3(C)CC[C@@]21C. The second kappa shape index (κ2) is 7.22. The van der Waals surface area contributed by atoms with Gasteiger partial charge in [0, 0.05) is 16.7 Å². The van der Waals surface area contributed by atoms with E-state index in [1.807, 2.05) is 26.8 Å². The number of phenols is 1. The molecule has 0 spiro atoms. The number of carbonyl (C=O) groups excluding carboxylic acids is 1. The summed E-state index contributed by atoms with van der Waals surface area (Å²) in [5.74, 6) is 0.952. The lowest BCUT2D eigenvalue weighted by Gasteiger charge is -2.73. The summed E-state index contributed by atoms with van der Waals surface area (Å²) in [6.07, 6.45) is 3.38. The van der Waals surface area contributed by atoms with Crippen LogP contribution >= 0.6 is 0 Å². The van der Waals surface area contributed by atoms with Crippen molar-refractivity contribution in [2.24, 2.45) is 34.0 Å². The summed E-state index contributed by atoms with van der Waals surface area (Å²) in [6.45, 7) is 13.0. The quantitative estimate of drug-likeness (QED) is 0.554. The minimum Gasteiger partial charge on any atom is -0.504 e. The van der Waals surface area contributed by atoms with Gasteiger partial charge in [-0.25, -0.2) is 0 Å². The molecule has 5 nitrogen and oxygen atoms in total. The van der Waals surface area contributed by atoms with E-state index in [-0.39, 0.29) is 45.5 Å².